The van der Waals surface area contributed by atoms with Gasteiger partial charge in [0.1, 0.15) is 0 Å². The molecule has 94 valence electrons. The number of aliphatic hydroxyl groups is 1. The lowest BCUT2D eigenvalue weighted by molar-refractivity contribution is 0.196. The molecule has 0 bridgehead atoms. The molecule has 2 rings (SSSR count). The minimum Gasteiger partial charge on any atom is -0.394 e. The third kappa shape index (κ3) is 3.14. The van der Waals surface area contributed by atoms with E-state index in [1.54, 1.807) is 0 Å². The Balaban J connectivity index is 2.15. The van der Waals surface area contributed by atoms with Crippen LogP contribution in [0.25, 0.3) is 0 Å². The number of halogens is 1. The highest BCUT2D eigenvalue weighted by Gasteiger charge is 2.30. The smallest absolute Gasteiger partial charge is 0.0661 e. The Morgan fingerprint density at radius 1 is 1.12 bits per heavy atom. The van der Waals surface area contributed by atoms with Crippen molar-refractivity contribution in [3.63, 3.8) is 0 Å². The van der Waals surface area contributed by atoms with E-state index in [1.165, 1.54) is 25.7 Å². The normalized spacial score (nSPS) is 19.6. The Morgan fingerprint density at radius 3 is 2.35 bits per heavy atom. The van der Waals surface area contributed by atoms with Crippen LogP contribution in [0.1, 0.15) is 38.5 Å². The number of benzene rings is 1. The van der Waals surface area contributed by atoms with Crippen LogP contribution < -0.4 is 5.32 Å². The summed E-state index contributed by atoms with van der Waals surface area (Å²) in [4.78, 5) is 0. The minimum atomic E-state index is -0.179. The number of aliphatic hydroxyl groups excluding tert-OH is 1. The summed E-state index contributed by atoms with van der Waals surface area (Å²) in [6.45, 7) is 0.179. The average molecular weight is 254 g/mol. The van der Waals surface area contributed by atoms with Crippen LogP contribution in [0.2, 0.25) is 5.02 Å². The van der Waals surface area contributed by atoms with Gasteiger partial charge in [0.05, 0.1) is 22.9 Å². The van der Waals surface area contributed by atoms with Gasteiger partial charge in [-0.05, 0) is 25.0 Å². The van der Waals surface area contributed by atoms with Gasteiger partial charge in [-0.2, -0.15) is 0 Å². The molecule has 0 spiro atoms. The molecule has 0 unspecified atom stereocenters. The Kier molecular flexibility index (Phi) is 4.30. The summed E-state index contributed by atoms with van der Waals surface area (Å²) in [7, 11) is 0. The second-order valence-corrected chi connectivity index (χ2v) is 5.36. The van der Waals surface area contributed by atoms with Crippen LogP contribution in [0.15, 0.2) is 24.3 Å². The van der Waals surface area contributed by atoms with Gasteiger partial charge in [0.25, 0.3) is 0 Å². The Bertz CT molecular complexity index is 359. The maximum atomic E-state index is 9.71. The van der Waals surface area contributed by atoms with Gasteiger partial charge in [0.15, 0.2) is 0 Å². The van der Waals surface area contributed by atoms with Gasteiger partial charge in [-0.3, -0.25) is 0 Å². The molecule has 0 atom stereocenters. The summed E-state index contributed by atoms with van der Waals surface area (Å²) in [6, 6.07) is 7.75. The molecule has 3 heteroatoms. The average Bonchev–Trinajstić information content (AvgIpc) is 2.58. The molecule has 0 aromatic heterocycles. The van der Waals surface area contributed by atoms with Crippen molar-refractivity contribution in [2.24, 2.45) is 0 Å². The number of hydrogen-bond donors (Lipinski definition) is 2. The van der Waals surface area contributed by atoms with Crippen molar-refractivity contribution < 1.29 is 5.11 Å². The zero-order chi connectivity index (χ0) is 12.1. The van der Waals surface area contributed by atoms with Gasteiger partial charge in [0, 0.05) is 0 Å². The lowest BCUT2D eigenvalue weighted by Gasteiger charge is -2.33. The van der Waals surface area contributed by atoms with Crippen molar-refractivity contribution >= 4 is 17.3 Å². The van der Waals surface area contributed by atoms with Crippen LogP contribution in [0.4, 0.5) is 5.69 Å². The second kappa shape index (κ2) is 5.74. The molecule has 1 aliphatic carbocycles. The highest BCUT2D eigenvalue weighted by atomic mass is 35.5. The van der Waals surface area contributed by atoms with E-state index in [-0.39, 0.29) is 12.1 Å². The maximum Gasteiger partial charge on any atom is 0.0661 e. The molecule has 0 radical (unpaired) electrons. The van der Waals surface area contributed by atoms with Crippen molar-refractivity contribution in [1.82, 2.24) is 0 Å². The molecule has 0 amide bonds. The molecule has 1 aliphatic rings. The zero-order valence-electron chi connectivity index (χ0n) is 10.1. The van der Waals surface area contributed by atoms with Gasteiger partial charge in [-0.1, -0.05) is 49.4 Å². The quantitative estimate of drug-likeness (QED) is 0.803. The SMILES string of the molecule is OCC1(Nc2ccccc2Cl)CCCCCC1. The first kappa shape index (κ1) is 12.7. The summed E-state index contributed by atoms with van der Waals surface area (Å²) >= 11 is 6.16. The summed E-state index contributed by atoms with van der Waals surface area (Å²) in [6.07, 6.45) is 6.94. The molecule has 0 saturated heterocycles. The molecule has 1 aromatic rings. The molecule has 1 fully saturated rings. The number of rotatable bonds is 3. The number of para-hydroxylation sites is 1. The fraction of sp³-hybridized carbons (Fsp3) is 0.571. The van der Waals surface area contributed by atoms with Gasteiger partial charge in [-0.15, -0.1) is 0 Å². The minimum absolute atomic E-state index is 0.179. The molecule has 2 N–H and O–H groups in total. The third-order valence-corrected chi connectivity index (χ3v) is 3.97. The highest BCUT2D eigenvalue weighted by Crippen LogP contribution is 2.32. The lowest BCUT2D eigenvalue weighted by atomic mass is 9.90. The summed E-state index contributed by atoms with van der Waals surface area (Å²) in [5, 5.41) is 13.9. The number of hydrogen-bond acceptors (Lipinski definition) is 2. The van der Waals surface area contributed by atoms with Crippen molar-refractivity contribution in [3.05, 3.63) is 29.3 Å². The number of anilines is 1. The Morgan fingerprint density at radius 2 is 1.76 bits per heavy atom. The summed E-state index contributed by atoms with van der Waals surface area (Å²) in [5.74, 6) is 0. The largest absolute Gasteiger partial charge is 0.394 e. The summed E-state index contributed by atoms with van der Waals surface area (Å²) in [5.41, 5.74) is 0.756. The van der Waals surface area contributed by atoms with Crippen LogP contribution in [-0.4, -0.2) is 17.3 Å². The van der Waals surface area contributed by atoms with E-state index in [2.05, 4.69) is 5.32 Å². The molecule has 1 saturated carbocycles. The first-order chi connectivity index (χ1) is 8.26. The van der Waals surface area contributed by atoms with Crippen LogP contribution in [0, 0.1) is 0 Å². The van der Waals surface area contributed by atoms with Gasteiger partial charge < -0.3 is 10.4 Å². The Hall–Kier alpha value is -0.730. The molecular weight excluding hydrogens is 234 g/mol. The third-order valence-electron chi connectivity index (χ3n) is 3.64. The molecule has 0 heterocycles. The number of nitrogens with one attached hydrogen (secondary N) is 1. The highest BCUT2D eigenvalue weighted by molar-refractivity contribution is 6.33. The van der Waals surface area contributed by atoms with Crippen molar-refractivity contribution in [2.75, 3.05) is 11.9 Å². The molecule has 0 aliphatic heterocycles. The monoisotopic (exact) mass is 253 g/mol. The molecule has 17 heavy (non-hydrogen) atoms. The van der Waals surface area contributed by atoms with Gasteiger partial charge in [0.2, 0.25) is 0 Å². The predicted octanol–water partition coefficient (Wildman–Crippen LogP) is 3.84. The van der Waals surface area contributed by atoms with E-state index in [0.717, 1.165) is 23.6 Å². The van der Waals surface area contributed by atoms with E-state index >= 15 is 0 Å². The first-order valence-electron chi connectivity index (χ1n) is 6.39. The molecule has 1 aromatic carbocycles. The fourth-order valence-electron chi connectivity index (χ4n) is 2.58. The summed E-state index contributed by atoms with van der Waals surface area (Å²) < 4.78 is 0. The van der Waals surface area contributed by atoms with Gasteiger partial charge >= 0.3 is 0 Å². The Labute approximate surface area is 108 Å². The van der Waals surface area contributed by atoms with Crippen LogP contribution in [0.5, 0.6) is 0 Å². The van der Waals surface area contributed by atoms with Crippen molar-refractivity contribution in [3.8, 4) is 0 Å². The van der Waals surface area contributed by atoms with Crippen LogP contribution in [-0.2, 0) is 0 Å². The maximum absolute atomic E-state index is 9.71. The zero-order valence-corrected chi connectivity index (χ0v) is 10.8. The van der Waals surface area contributed by atoms with E-state index in [0.29, 0.717) is 0 Å². The lowest BCUT2D eigenvalue weighted by Crippen LogP contribution is -2.41. The molecule has 2 nitrogen and oxygen atoms in total. The van der Waals surface area contributed by atoms with Crippen molar-refractivity contribution in [2.45, 2.75) is 44.1 Å². The van der Waals surface area contributed by atoms with Crippen LogP contribution in [0.3, 0.4) is 0 Å². The van der Waals surface area contributed by atoms with E-state index < -0.39 is 0 Å². The fourth-order valence-corrected chi connectivity index (χ4v) is 2.76. The van der Waals surface area contributed by atoms with Crippen LogP contribution >= 0.6 is 11.6 Å². The van der Waals surface area contributed by atoms with Gasteiger partial charge in [-0.25, -0.2) is 0 Å². The second-order valence-electron chi connectivity index (χ2n) is 4.96. The van der Waals surface area contributed by atoms with E-state index in [4.69, 9.17) is 11.6 Å². The molecular formula is C14H20ClNO. The standard InChI is InChI=1S/C14H20ClNO/c15-12-7-3-4-8-13(12)16-14(11-17)9-5-1-2-6-10-14/h3-4,7-8,16-17H,1-2,5-6,9-11H2. The van der Waals surface area contributed by atoms with E-state index in [9.17, 15) is 5.11 Å². The predicted molar refractivity (Wildman–Crippen MR) is 72.6 cm³/mol. The van der Waals surface area contributed by atoms with Crippen molar-refractivity contribution in [1.29, 1.82) is 0 Å². The van der Waals surface area contributed by atoms with E-state index in [1.807, 2.05) is 24.3 Å². The first-order valence-corrected chi connectivity index (χ1v) is 6.77. The topological polar surface area (TPSA) is 32.3 Å².